The van der Waals surface area contributed by atoms with Crippen molar-refractivity contribution in [2.24, 2.45) is 0 Å². The smallest absolute Gasteiger partial charge is 0.221 e. The first-order valence-electron chi connectivity index (χ1n) is 7.88. The van der Waals surface area contributed by atoms with Gasteiger partial charge in [-0.2, -0.15) is 11.8 Å². The fourth-order valence-corrected chi connectivity index (χ4v) is 3.23. The number of hydrogen-bond donors (Lipinski definition) is 1. The third-order valence-corrected chi connectivity index (χ3v) is 4.69. The lowest BCUT2D eigenvalue weighted by Crippen LogP contribution is -2.35. The SMILES string of the molecule is CSCCC(=O)NC1CCc2nnc(-c3ccncc3)n2CC1. The summed E-state index contributed by atoms with van der Waals surface area (Å²) in [6, 6.07) is 4.12. The molecule has 0 bridgehead atoms. The van der Waals surface area contributed by atoms with Crippen molar-refractivity contribution in [2.75, 3.05) is 12.0 Å². The molecule has 3 rings (SSSR count). The Hall–Kier alpha value is -1.89. The molecule has 1 aliphatic heterocycles. The quantitative estimate of drug-likeness (QED) is 0.906. The number of rotatable bonds is 5. The van der Waals surface area contributed by atoms with Crippen molar-refractivity contribution in [1.82, 2.24) is 25.1 Å². The van der Waals surface area contributed by atoms with Gasteiger partial charge in [0.05, 0.1) is 0 Å². The third kappa shape index (κ3) is 3.90. The summed E-state index contributed by atoms with van der Waals surface area (Å²) < 4.78 is 2.17. The molecule has 0 spiro atoms. The van der Waals surface area contributed by atoms with Gasteiger partial charge >= 0.3 is 0 Å². The number of fused-ring (bicyclic) bond motifs is 1. The highest BCUT2D eigenvalue weighted by Gasteiger charge is 2.21. The minimum atomic E-state index is 0.149. The van der Waals surface area contributed by atoms with Crippen LogP contribution in [0.5, 0.6) is 0 Å². The fourth-order valence-electron chi connectivity index (χ4n) is 2.84. The number of carbonyl (C=O) groups excluding carboxylic acids is 1. The van der Waals surface area contributed by atoms with E-state index in [-0.39, 0.29) is 11.9 Å². The highest BCUT2D eigenvalue weighted by molar-refractivity contribution is 7.98. The normalized spacial score (nSPS) is 17.3. The molecule has 1 atom stereocenters. The molecule has 2 aromatic rings. The molecular formula is C16H21N5OS. The van der Waals surface area contributed by atoms with Crippen molar-refractivity contribution < 1.29 is 4.79 Å². The molecule has 3 heterocycles. The zero-order valence-corrected chi connectivity index (χ0v) is 14.1. The van der Waals surface area contributed by atoms with Crippen LogP contribution < -0.4 is 5.32 Å². The zero-order valence-electron chi connectivity index (χ0n) is 13.2. The van der Waals surface area contributed by atoms with Crippen molar-refractivity contribution in [1.29, 1.82) is 0 Å². The van der Waals surface area contributed by atoms with E-state index < -0.39 is 0 Å². The molecule has 0 saturated heterocycles. The van der Waals surface area contributed by atoms with Gasteiger partial charge < -0.3 is 9.88 Å². The standard InChI is InChI=1S/C16H21N5OS/c1-23-11-7-15(22)18-13-2-3-14-19-20-16(21(14)10-6-13)12-4-8-17-9-5-12/h4-5,8-9,13H,2-3,6-7,10-11H2,1H3,(H,18,22). The topological polar surface area (TPSA) is 72.7 Å². The molecule has 1 unspecified atom stereocenters. The summed E-state index contributed by atoms with van der Waals surface area (Å²) in [5, 5.41) is 11.8. The van der Waals surface area contributed by atoms with E-state index in [0.29, 0.717) is 6.42 Å². The van der Waals surface area contributed by atoms with E-state index >= 15 is 0 Å². The van der Waals surface area contributed by atoms with E-state index in [1.54, 1.807) is 24.2 Å². The number of nitrogens with one attached hydrogen (secondary N) is 1. The molecule has 1 aliphatic rings. The number of thioether (sulfide) groups is 1. The van der Waals surface area contributed by atoms with Crippen LogP contribution in [-0.4, -0.2) is 43.7 Å². The highest BCUT2D eigenvalue weighted by Crippen LogP contribution is 2.22. The molecule has 0 aliphatic carbocycles. The molecule has 122 valence electrons. The van der Waals surface area contributed by atoms with Gasteiger partial charge in [0.1, 0.15) is 5.82 Å². The van der Waals surface area contributed by atoms with Gasteiger partial charge in [-0.3, -0.25) is 9.78 Å². The number of nitrogens with zero attached hydrogens (tertiary/aromatic N) is 4. The first kappa shape index (κ1) is 16.0. The molecule has 2 aromatic heterocycles. The fraction of sp³-hybridized carbons (Fsp3) is 0.500. The summed E-state index contributed by atoms with van der Waals surface area (Å²) in [6.45, 7) is 0.827. The predicted molar refractivity (Wildman–Crippen MR) is 91.1 cm³/mol. The van der Waals surface area contributed by atoms with Crippen molar-refractivity contribution in [3.8, 4) is 11.4 Å². The third-order valence-electron chi connectivity index (χ3n) is 4.08. The molecule has 6 nitrogen and oxygen atoms in total. The van der Waals surface area contributed by atoms with Gasteiger partial charge in [0, 0.05) is 49.1 Å². The second kappa shape index (κ2) is 7.59. The Morgan fingerprint density at radius 3 is 2.96 bits per heavy atom. The monoisotopic (exact) mass is 331 g/mol. The van der Waals surface area contributed by atoms with Crippen molar-refractivity contribution in [3.05, 3.63) is 30.4 Å². The van der Waals surface area contributed by atoms with E-state index in [4.69, 9.17) is 0 Å². The van der Waals surface area contributed by atoms with Crippen LogP contribution in [0.25, 0.3) is 11.4 Å². The molecule has 1 N–H and O–H groups in total. The Bertz CT molecular complexity index is 658. The lowest BCUT2D eigenvalue weighted by molar-refractivity contribution is -0.121. The highest BCUT2D eigenvalue weighted by atomic mass is 32.2. The molecule has 0 radical (unpaired) electrons. The van der Waals surface area contributed by atoms with Gasteiger partial charge in [-0.25, -0.2) is 0 Å². The van der Waals surface area contributed by atoms with Crippen LogP contribution in [0.3, 0.4) is 0 Å². The van der Waals surface area contributed by atoms with E-state index in [0.717, 1.165) is 48.8 Å². The van der Waals surface area contributed by atoms with Crippen LogP contribution in [0.1, 0.15) is 25.1 Å². The summed E-state index contributed by atoms with van der Waals surface area (Å²) in [5.41, 5.74) is 1.03. The number of pyridine rings is 1. The molecule has 0 fully saturated rings. The van der Waals surface area contributed by atoms with Crippen molar-refractivity contribution in [3.63, 3.8) is 0 Å². The Balaban J connectivity index is 1.67. The summed E-state index contributed by atoms with van der Waals surface area (Å²) >= 11 is 1.70. The van der Waals surface area contributed by atoms with E-state index in [1.807, 2.05) is 18.4 Å². The minimum Gasteiger partial charge on any atom is -0.353 e. The molecule has 0 saturated carbocycles. The summed E-state index contributed by atoms with van der Waals surface area (Å²) in [6.07, 6.45) is 8.81. The minimum absolute atomic E-state index is 0.149. The lowest BCUT2D eigenvalue weighted by atomic mass is 10.1. The van der Waals surface area contributed by atoms with Gasteiger partial charge in [-0.1, -0.05) is 0 Å². The van der Waals surface area contributed by atoms with E-state index in [2.05, 4.69) is 25.1 Å². The van der Waals surface area contributed by atoms with Crippen LogP contribution in [0.4, 0.5) is 0 Å². The predicted octanol–water partition coefficient (Wildman–Crippen LogP) is 1.91. The Morgan fingerprint density at radius 2 is 2.17 bits per heavy atom. The molecule has 23 heavy (non-hydrogen) atoms. The Morgan fingerprint density at radius 1 is 1.35 bits per heavy atom. The number of hydrogen-bond acceptors (Lipinski definition) is 5. The maximum absolute atomic E-state index is 11.9. The van der Waals surface area contributed by atoms with Gasteiger partial charge in [0.15, 0.2) is 5.82 Å². The van der Waals surface area contributed by atoms with Crippen LogP contribution in [0.15, 0.2) is 24.5 Å². The zero-order chi connectivity index (χ0) is 16.1. The molecule has 0 aromatic carbocycles. The maximum Gasteiger partial charge on any atom is 0.221 e. The average molecular weight is 331 g/mol. The first-order chi connectivity index (χ1) is 11.3. The first-order valence-corrected chi connectivity index (χ1v) is 9.28. The second-order valence-electron chi connectivity index (χ2n) is 5.66. The molecular weight excluding hydrogens is 310 g/mol. The van der Waals surface area contributed by atoms with Gasteiger partial charge in [0.2, 0.25) is 5.91 Å². The molecule has 7 heteroatoms. The largest absolute Gasteiger partial charge is 0.353 e. The van der Waals surface area contributed by atoms with Crippen LogP contribution in [0, 0.1) is 0 Å². The number of aromatic nitrogens is 4. The molecule has 1 amide bonds. The van der Waals surface area contributed by atoms with Crippen LogP contribution in [0.2, 0.25) is 0 Å². The van der Waals surface area contributed by atoms with Gasteiger partial charge in [0.25, 0.3) is 0 Å². The lowest BCUT2D eigenvalue weighted by Gasteiger charge is -2.16. The van der Waals surface area contributed by atoms with Crippen molar-refractivity contribution in [2.45, 2.75) is 38.3 Å². The van der Waals surface area contributed by atoms with Gasteiger partial charge in [-0.05, 0) is 31.2 Å². The summed E-state index contributed by atoms with van der Waals surface area (Å²) in [7, 11) is 0. The van der Waals surface area contributed by atoms with Gasteiger partial charge in [-0.15, -0.1) is 10.2 Å². The summed E-state index contributed by atoms with van der Waals surface area (Å²) in [4.78, 5) is 16.0. The number of carbonyl (C=O) groups is 1. The van der Waals surface area contributed by atoms with E-state index in [1.165, 1.54) is 0 Å². The number of aryl methyl sites for hydroxylation is 1. The second-order valence-corrected chi connectivity index (χ2v) is 6.65. The number of amides is 1. The maximum atomic E-state index is 11.9. The Labute approximate surface area is 140 Å². The Kier molecular flexibility index (Phi) is 5.27. The van der Waals surface area contributed by atoms with Crippen LogP contribution >= 0.6 is 11.8 Å². The average Bonchev–Trinajstić information content (AvgIpc) is 2.89. The summed E-state index contributed by atoms with van der Waals surface area (Å²) in [5.74, 6) is 2.90. The van der Waals surface area contributed by atoms with E-state index in [9.17, 15) is 4.79 Å². The van der Waals surface area contributed by atoms with Crippen molar-refractivity contribution >= 4 is 17.7 Å². The van der Waals surface area contributed by atoms with Crippen LogP contribution in [-0.2, 0) is 17.8 Å².